The van der Waals surface area contributed by atoms with Gasteiger partial charge in [-0.25, -0.2) is 4.79 Å². The number of carbonyl (C=O) groups excluding carboxylic acids is 1. The van der Waals surface area contributed by atoms with Crippen molar-refractivity contribution in [1.29, 1.82) is 0 Å². The maximum Gasteiger partial charge on any atom is 0.416 e. The fraction of sp³-hybridized carbons (Fsp3) is 0.450. The van der Waals surface area contributed by atoms with E-state index in [1.807, 2.05) is 41.4 Å². The minimum Gasteiger partial charge on any atom is -0.378 e. The third kappa shape index (κ3) is 5.65. The number of urea groups is 1. The van der Waals surface area contributed by atoms with Crippen LogP contribution in [0.4, 0.5) is 29.3 Å². The molecule has 164 valence electrons. The van der Waals surface area contributed by atoms with Crippen LogP contribution in [-0.4, -0.2) is 57.9 Å². The number of likely N-dealkylation sites (N-methyl/N-ethyl adjacent to an activating group) is 1. The Bertz CT molecular complexity index is 837. The van der Waals surface area contributed by atoms with Crippen LogP contribution in [0.1, 0.15) is 16.5 Å². The lowest BCUT2D eigenvalue weighted by atomic mass is 10.1. The first kappa shape index (κ1) is 22.4. The van der Waals surface area contributed by atoms with Gasteiger partial charge in [0.2, 0.25) is 0 Å². The highest BCUT2D eigenvalue weighted by Gasteiger charge is 2.32. The average molecular weight is 443 g/mol. The summed E-state index contributed by atoms with van der Waals surface area (Å²) in [6.45, 7) is 2.38. The molecule has 1 aliphatic rings. The predicted octanol–water partition coefficient (Wildman–Crippen LogP) is 4.03. The number of nitrogens with one attached hydrogen (secondary N) is 2. The van der Waals surface area contributed by atoms with E-state index in [0.717, 1.165) is 17.0 Å². The molecule has 2 heterocycles. The number of thiophene rings is 1. The van der Waals surface area contributed by atoms with Crippen molar-refractivity contribution in [2.75, 3.05) is 57.2 Å². The molecular weight excluding hydrogens is 417 g/mol. The van der Waals surface area contributed by atoms with Gasteiger partial charge >= 0.3 is 12.2 Å². The Morgan fingerprint density at radius 3 is 2.60 bits per heavy atom. The molecule has 1 aromatic carbocycles. The van der Waals surface area contributed by atoms with Gasteiger partial charge in [-0.15, -0.1) is 11.3 Å². The maximum atomic E-state index is 13.2. The predicted molar refractivity (Wildman–Crippen MR) is 112 cm³/mol. The molecule has 0 bridgehead atoms. The third-order valence-electron chi connectivity index (χ3n) is 4.87. The molecule has 10 heteroatoms. The lowest BCUT2D eigenvalue weighted by molar-refractivity contribution is -0.137. The molecule has 0 radical (unpaired) electrons. The summed E-state index contributed by atoms with van der Waals surface area (Å²) in [7, 11) is 3.82. The first-order valence-corrected chi connectivity index (χ1v) is 10.4. The summed E-state index contributed by atoms with van der Waals surface area (Å²) < 4.78 is 45.0. The zero-order valence-electron chi connectivity index (χ0n) is 16.8. The van der Waals surface area contributed by atoms with Crippen LogP contribution < -0.4 is 15.5 Å². The van der Waals surface area contributed by atoms with E-state index < -0.39 is 17.8 Å². The Labute approximate surface area is 177 Å². The second-order valence-electron chi connectivity index (χ2n) is 7.16. The summed E-state index contributed by atoms with van der Waals surface area (Å²) >= 11 is 1.58. The van der Waals surface area contributed by atoms with Gasteiger partial charge in [-0.2, -0.15) is 13.2 Å². The third-order valence-corrected chi connectivity index (χ3v) is 5.85. The average Bonchev–Trinajstić information content (AvgIpc) is 3.22. The number of nitrogens with zero attached hydrogens (tertiary/aromatic N) is 2. The molecule has 0 aliphatic carbocycles. The number of halogens is 3. The quantitative estimate of drug-likeness (QED) is 0.709. The standard InChI is InChI=1S/C20H25F3N4O2S/c1-26(2)17(18-4-3-11-30-18)13-24-19(28)25-15-12-14(20(21,22)23)5-6-16(15)27-7-9-29-10-8-27/h3-6,11-12,17H,7-10,13H2,1-2H3,(H2,24,25,28)/t17-/m1/s1. The second kappa shape index (κ2) is 9.67. The summed E-state index contributed by atoms with van der Waals surface area (Å²) in [5.74, 6) is 0. The van der Waals surface area contributed by atoms with Gasteiger partial charge in [-0.1, -0.05) is 6.07 Å². The van der Waals surface area contributed by atoms with Gasteiger partial charge in [0, 0.05) is 24.5 Å². The van der Waals surface area contributed by atoms with Crippen LogP contribution in [-0.2, 0) is 10.9 Å². The van der Waals surface area contributed by atoms with Crippen molar-refractivity contribution in [3.63, 3.8) is 0 Å². The van der Waals surface area contributed by atoms with E-state index in [9.17, 15) is 18.0 Å². The number of alkyl halides is 3. The van der Waals surface area contributed by atoms with Crippen LogP contribution in [0.25, 0.3) is 0 Å². The van der Waals surface area contributed by atoms with E-state index in [-0.39, 0.29) is 11.7 Å². The molecule has 1 aromatic heterocycles. The Morgan fingerprint density at radius 1 is 1.27 bits per heavy atom. The summed E-state index contributed by atoms with van der Waals surface area (Å²) in [4.78, 5) is 17.5. The van der Waals surface area contributed by atoms with Crippen molar-refractivity contribution < 1.29 is 22.7 Å². The van der Waals surface area contributed by atoms with Crippen LogP contribution in [0.2, 0.25) is 0 Å². The smallest absolute Gasteiger partial charge is 0.378 e. The Hall–Kier alpha value is -2.30. The molecule has 2 aromatic rings. The first-order valence-electron chi connectivity index (χ1n) is 9.54. The summed E-state index contributed by atoms with van der Waals surface area (Å²) in [5.41, 5.74) is -0.134. The van der Waals surface area contributed by atoms with Crippen LogP contribution >= 0.6 is 11.3 Å². The molecule has 1 saturated heterocycles. The van der Waals surface area contributed by atoms with E-state index in [4.69, 9.17) is 4.74 Å². The zero-order chi connectivity index (χ0) is 21.7. The van der Waals surface area contributed by atoms with Crippen molar-refractivity contribution in [1.82, 2.24) is 10.2 Å². The summed E-state index contributed by atoms with van der Waals surface area (Å²) in [5, 5.41) is 7.35. The van der Waals surface area contributed by atoms with Crippen LogP contribution in [0.3, 0.4) is 0 Å². The fourth-order valence-corrected chi connectivity index (χ4v) is 4.19. The number of hydrogen-bond donors (Lipinski definition) is 2. The van der Waals surface area contributed by atoms with Crippen molar-refractivity contribution in [2.24, 2.45) is 0 Å². The molecule has 30 heavy (non-hydrogen) atoms. The van der Waals surface area contributed by atoms with Crippen LogP contribution in [0.15, 0.2) is 35.7 Å². The van der Waals surface area contributed by atoms with Gasteiger partial charge in [0.25, 0.3) is 0 Å². The lowest BCUT2D eigenvalue weighted by Gasteiger charge is -2.31. The monoisotopic (exact) mass is 442 g/mol. The van der Waals surface area contributed by atoms with Crippen molar-refractivity contribution in [2.45, 2.75) is 12.2 Å². The summed E-state index contributed by atoms with van der Waals surface area (Å²) in [6, 6.07) is 6.76. The topological polar surface area (TPSA) is 56.8 Å². The molecule has 6 nitrogen and oxygen atoms in total. The van der Waals surface area contributed by atoms with Gasteiger partial charge in [0.1, 0.15) is 0 Å². The maximum absolute atomic E-state index is 13.2. The van der Waals surface area contributed by atoms with E-state index in [1.54, 1.807) is 11.3 Å². The number of morpholine rings is 1. The molecular formula is C20H25F3N4O2S. The highest BCUT2D eigenvalue weighted by atomic mass is 32.1. The number of anilines is 2. The Kier molecular flexibility index (Phi) is 7.22. The Morgan fingerprint density at radius 2 is 2.00 bits per heavy atom. The molecule has 2 amide bonds. The van der Waals surface area contributed by atoms with E-state index in [2.05, 4.69) is 10.6 Å². The number of ether oxygens (including phenoxy) is 1. The molecule has 2 N–H and O–H groups in total. The van der Waals surface area contributed by atoms with E-state index >= 15 is 0 Å². The fourth-order valence-electron chi connectivity index (χ4n) is 3.27. The molecule has 0 saturated carbocycles. The van der Waals surface area contributed by atoms with Crippen LogP contribution in [0, 0.1) is 0 Å². The zero-order valence-corrected chi connectivity index (χ0v) is 17.6. The van der Waals surface area contributed by atoms with Gasteiger partial charge < -0.3 is 25.2 Å². The van der Waals surface area contributed by atoms with E-state index in [0.29, 0.717) is 38.5 Å². The summed E-state index contributed by atoms with van der Waals surface area (Å²) in [6.07, 6.45) is -4.49. The van der Waals surface area contributed by atoms with Crippen LogP contribution in [0.5, 0.6) is 0 Å². The SMILES string of the molecule is CN(C)[C@H](CNC(=O)Nc1cc(C(F)(F)F)ccc1N1CCOCC1)c1cccs1. The molecule has 1 fully saturated rings. The number of rotatable bonds is 6. The van der Waals surface area contributed by atoms with Gasteiger partial charge in [-0.05, 0) is 43.7 Å². The number of hydrogen-bond acceptors (Lipinski definition) is 5. The van der Waals surface area contributed by atoms with E-state index in [1.165, 1.54) is 6.07 Å². The van der Waals surface area contributed by atoms with Crippen molar-refractivity contribution in [3.8, 4) is 0 Å². The molecule has 1 atom stereocenters. The lowest BCUT2D eigenvalue weighted by Crippen LogP contribution is -2.38. The van der Waals surface area contributed by atoms with Crippen molar-refractivity contribution in [3.05, 3.63) is 46.2 Å². The van der Waals surface area contributed by atoms with Crippen molar-refractivity contribution >= 4 is 28.7 Å². The van der Waals surface area contributed by atoms with Gasteiger partial charge in [0.05, 0.1) is 36.2 Å². The normalized spacial score (nSPS) is 15.9. The molecule has 3 rings (SSSR count). The minimum absolute atomic E-state index is 0.0315. The number of amides is 2. The molecule has 0 unspecified atom stereocenters. The van der Waals surface area contributed by atoms with Gasteiger partial charge in [0.15, 0.2) is 0 Å². The molecule has 0 spiro atoms. The van der Waals surface area contributed by atoms with Gasteiger partial charge in [-0.3, -0.25) is 0 Å². The number of carbonyl (C=O) groups is 1. The minimum atomic E-state index is -4.49. The Balaban J connectivity index is 1.75. The highest BCUT2D eigenvalue weighted by molar-refractivity contribution is 7.10. The second-order valence-corrected chi connectivity index (χ2v) is 8.14. The number of benzene rings is 1. The first-order chi connectivity index (χ1) is 14.3. The molecule has 1 aliphatic heterocycles. The highest BCUT2D eigenvalue weighted by Crippen LogP contribution is 2.35. The largest absolute Gasteiger partial charge is 0.416 e.